The van der Waals surface area contributed by atoms with Gasteiger partial charge in [-0.3, -0.25) is 0 Å². The highest BCUT2D eigenvalue weighted by atomic mass is 19.1. The quantitative estimate of drug-likeness (QED) is 0.802. The SMILES string of the molecule is Cc1cccc(C)c1C(O)C(F)C(=O)O. The van der Waals surface area contributed by atoms with E-state index < -0.39 is 18.2 Å². The van der Waals surface area contributed by atoms with Gasteiger partial charge in [-0.2, -0.15) is 0 Å². The Balaban J connectivity index is 3.10. The van der Waals surface area contributed by atoms with E-state index in [1.54, 1.807) is 32.0 Å². The van der Waals surface area contributed by atoms with Crippen LogP contribution in [0, 0.1) is 13.8 Å². The van der Waals surface area contributed by atoms with Crippen molar-refractivity contribution in [3.8, 4) is 0 Å². The molecule has 3 nitrogen and oxygen atoms in total. The van der Waals surface area contributed by atoms with Gasteiger partial charge in [-0.25, -0.2) is 9.18 Å². The minimum atomic E-state index is -2.29. The second-order valence-corrected chi connectivity index (χ2v) is 3.49. The molecule has 0 aromatic heterocycles. The summed E-state index contributed by atoms with van der Waals surface area (Å²) in [4.78, 5) is 10.4. The Labute approximate surface area is 87.2 Å². The lowest BCUT2D eigenvalue weighted by Crippen LogP contribution is -2.24. The van der Waals surface area contributed by atoms with E-state index in [9.17, 15) is 14.3 Å². The minimum Gasteiger partial charge on any atom is -0.479 e. The van der Waals surface area contributed by atoms with Crippen LogP contribution in [0.25, 0.3) is 0 Å². The summed E-state index contributed by atoms with van der Waals surface area (Å²) in [6.45, 7) is 3.42. The number of carboxylic acids is 1. The molecule has 1 rings (SSSR count). The predicted octanol–water partition coefficient (Wildman–Crippen LogP) is 1.76. The summed E-state index contributed by atoms with van der Waals surface area (Å²) in [5, 5.41) is 18.0. The van der Waals surface area contributed by atoms with Crippen molar-refractivity contribution in [2.45, 2.75) is 26.1 Å². The van der Waals surface area contributed by atoms with Gasteiger partial charge in [0, 0.05) is 0 Å². The van der Waals surface area contributed by atoms with Crippen LogP contribution in [-0.2, 0) is 4.79 Å². The van der Waals surface area contributed by atoms with Gasteiger partial charge >= 0.3 is 5.97 Å². The molecule has 15 heavy (non-hydrogen) atoms. The molecule has 2 unspecified atom stereocenters. The standard InChI is InChI=1S/C11H13FO3/c1-6-4-3-5-7(2)8(6)10(13)9(12)11(14)15/h3-5,9-10,13H,1-2H3,(H,14,15). The lowest BCUT2D eigenvalue weighted by Gasteiger charge is -2.17. The molecule has 0 spiro atoms. The molecule has 0 aliphatic carbocycles. The molecular weight excluding hydrogens is 199 g/mol. The van der Waals surface area contributed by atoms with Crippen molar-refractivity contribution in [2.75, 3.05) is 0 Å². The van der Waals surface area contributed by atoms with Crippen LogP contribution in [0.4, 0.5) is 4.39 Å². The Morgan fingerprint density at radius 1 is 1.33 bits per heavy atom. The molecule has 0 saturated heterocycles. The van der Waals surface area contributed by atoms with Gasteiger partial charge in [0.1, 0.15) is 6.10 Å². The first-order valence-corrected chi connectivity index (χ1v) is 4.56. The molecule has 1 aromatic rings. The van der Waals surface area contributed by atoms with Crippen molar-refractivity contribution in [3.05, 3.63) is 34.9 Å². The van der Waals surface area contributed by atoms with Gasteiger partial charge in [0.15, 0.2) is 0 Å². The number of aryl methyl sites for hydroxylation is 2. The molecule has 1 aromatic carbocycles. The highest BCUT2D eigenvalue weighted by molar-refractivity contribution is 5.73. The fraction of sp³-hybridized carbons (Fsp3) is 0.364. The second-order valence-electron chi connectivity index (χ2n) is 3.49. The van der Waals surface area contributed by atoms with Gasteiger partial charge in [0.05, 0.1) is 0 Å². The summed E-state index contributed by atoms with van der Waals surface area (Å²) >= 11 is 0. The fourth-order valence-corrected chi connectivity index (χ4v) is 1.58. The molecule has 0 radical (unpaired) electrons. The van der Waals surface area contributed by atoms with E-state index in [1.165, 1.54) is 0 Å². The lowest BCUT2D eigenvalue weighted by molar-refractivity contribution is -0.147. The average molecular weight is 212 g/mol. The summed E-state index contributed by atoms with van der Waals surface area (Å²) in [5.74, 6) is -1.65. The molecule has 4 heteroatoms. The summed E-state index contributed by atoms with van der Waals surface area (Å²) < 4.78 is 13.1. The number of hydrogen-bond acceptors (Lipinski definition) is 2. The number of hydrogen-bond donors (Lipinski definition) is 2. The Morgan fingerprint density at radius 2 is 1.80 bits per heavy atom. The third kappa shape index (κ3) is 2.33. The summed E-state index contributed by atoms with van der Waals surface area (Å²) in [5.41, 5.74) is 1.73. The zero-order chi connectivity index (χ0) is 11.6. The van der Waals surface area contributed by atoms with Crippen molar-refractivity contribution in [1.82, 2.24) is 0 Å². The van der Waals surface area contributed by atoms with E-state index in [1.807, 2.05) is 0 Å². The summed E-state index contributed by atoms with van der Waals surface area (Å²) in [6.07, 6.45) is -3.89. The molecular formula is C11H13FO3. The van der Waals surface area contributed by atoms with Crippen LogP contribution in [0.3, 0.4) is 0 Å². The van der Waals surface area contributed by atoms with Gasteiger partial charge in [0.25, 0.3) is 0 Å². The van der Waals surface area contributed by atoms with Crippen LogP contribution >= 0.6 is 0 Å². The Bertz CT molecular complexity index is 356. The van der Waals surface area contributed by atoms with Crippen molar-refractivity contribution in [3.63, 3.8) is 0 Å². The number of carboxylic acid groups (broad SMARTS) is 1. The van der Waals surface area contributed by atoms with E-state index in [2.05, 4.69) is 0 Å². The van der Waals surface area contributed by atoms with Crippen molar-refractivity contribution < 1.29 is 19.4 Å². The van der Waals surface area contributed by atoms with Gasteiger partial charge in [-0.05, 0) is 30.5 Å². The minimum absolute atomic E-state index is 0.354. The van der Waals surface area contributed by atoms with Gasteiger partial charge in [0.2, 0.25) is 6.17 Å². The van der Waals surface area contributed by atoms with Gasteiger partial charge < -0.3 is 10.2 Å². The molecule has 0 aliphatic heterocycles. The number of aliphatic hydroxyl groups excluding tert-OH is 1. The summed E-state index contributed by atoms with van der Waals surface area (Å²) in [7, 11) is 0. The monoisotopic (exact) mass is 212 g/mol. The van der Waals surface area contributed by atoms with Crippen LogP contribution in [0.2, 0.25) is 0 Å². The second kappa shape index (κ2) is 4.40. The third-order valence-corrected chi connectivity index (χ3v) is 2.35. The number of aliphatic hydroxyl groups is 1. The van der Waals surface area contributed by atoms with E-state index in [4.69, 9.17) is 5.11 Å². The van der Waals surface area contributed by atoms with Crippen LogP contribution in [0.1, 0.15) is 22.8 Å². The number of halogens is 1. The van der Waals surface area contributed by atoms with Crippen LogP contribution in [0.5, 0.6) is 0 Å². The number of aliphatic carboxylic acids is 1. The average Bonchev–Trinajstić information content (AvgIpc) is 2.15. The zero-order valence-corrected chi connectivity index (χ0v) is 8.57. The van der Waals surface area contributed by atoms with Crippen molar-refractivity contribution in [2.24, 2.45) is 0 Å². The van der Waals surface area contributed by atoms with Crippen LogP contribution < -0.4 is 0 Å². The first kappa shape index (κ1) is 11.7. The normalized spacial score (nSPS) is 14.7. The molecule has 0 heterocycles. The molecule has 0 aliphatic rings. The predicted molar refractivity (Wildman–Crippen MR) is 53.4 cm³/mol. The third-order valence-electron chi connectivity index (χ3n) is 2.35. The molecule has 0 saturated carbocycles. The molecule has 2 atom stereocenters. The molecule has 0 fully saturated rings. The topological polar surface area (TPSA) is 57.5 Å². The summed E-state index contributed by atoms with van der Waals surface area (Å²) in [6, 6.07) is 5.19. The highest BCUT2D eigenvalue weighted by Gasteiger charge is 2.29. The highest BCUT2D eigenvalue weighted by Crippen LogP contribution is 2.26. The maximum Gasteiger partial charge on any atom is 0.341 e. The van der Waals surface area contributed by atoms with Crippen molar-refractivity contribution >= 4 is 5.97 Å². The van der Waals surface area contributed by atoms with Crippen LogP contribution in [-0.4, -0.2) is 22.4 Å². The maximum absolute atomic E-state index is 13.1. The van der Waals surface area contributed by atoms with E-state index in [0.29, 0.717) is 16.7 Å². The Hall–Kier alpha value is -1.42. The number of carbonyl (C=O) groups is 1. The fourth-order valence-electron chi connectivity index (χ4n) is 1.58. The van der Waals surface area contributed by atoms with Gasteiger partial charge in [-0.15, -0.1) is 0 Å². The zero-order valence-electron chi connectivity index (χ0n) is 8.57. The van der Waals surface area contributed by atoms with E-state index in [0.717, 1.165) is 0 Å². The maximum atomic E-state index is 13.1. The van der Waals surface area contributed by atoms with Crippen LogP contribution in [0.15, 0.2) is 18.2 Å². The number of benzene rings is 1. The molecule has 0 amide bonds. The Kier molecular flexibility index (Phi) is 3.42. The number of rotatable bonds is 3. The first-order valence-electron chi connectivity index (χ1n) is 4.56. The smallest absolute Gasteiger partial charge is 0.341 e. The van der Waals surface area contributed by atoms with Crippen molar-refractivity contribution in [1.29, 1.82) is 0 Å². The lowest BCUT2D eigenvalue weighted by atomic mass is 9.95. The largest absolute Gasteiger partial charge is 0.479 e. The molecule has 82 valence electrons. The van der Waals surface area contributed by atoms with E-state index >= 15 is 0 Å². The molecule has 0 bridgehead atoms. The molecule has 2 N–H and O–H groups in total. The van der Waals surface area contributed by atoms with E-state index in [-0.39, 0.29) is 0 Å². The Morgan fingerprint density at radius 3 is 2.20 bits per heavy atom. The number of alkyl halides is 1. The first-order chi connectivity index (χ1) is 6.95. The van der Waals surface area contributed by atoms with Gasteiger partial charge in [-0.1, -0.05) is 18.2 Å².